The van der Waals surface area contributed by atoms with Gasteiger partial charge in [-0.2, -0.15) is 4.31 Å². The van der Waals surface area contributed by atoms with Gasteiger partial charge in [-0.25, -0.2) is 13.2 Å². The molecule has 21 heavy (non-hydrogen) atoms. The Hall–Kier alpha value is -2.34. The highest BCUT2D eigenvalue weighted by Gasteiger charge is 2.38. The molecule has 2 aromatic rings. The van der Waals surface area contributed by atoms with Crippen LogP contribution in [0.2, 0.25) is 0 Å². The van der Waals surface area contributed by atoms with Crippen LogP contribution in [0.25, 0.3) is 0 Å². The highest BCUT2D eigenvalue weighted by molar-refractivity contribution is 7.94. The van der Waals surface area contributed by atoms with E-state index in [2.05, 4.69) is 5.32 Å². The van der Waals surface area contributed by atoms with Crippen molar-refractivity contribution in [3.8, 4) is 0 Å². The zero-order valence-electron chi connectivity index (χ0n) is 11.4. The van der Waals surface area contributed by atoms with Crippen molar-refractivity contribution in [2.24, 2.45) is 0 Å². The summed E-state index contributed by atoms with van der Waals surface area (Å²) in [6.07, 6.45) is 0.636. The summed E-state index contributed by atoms with van der Waals surface area (Å²) < 4.78 is 26.3. The lowest BCUT2D eigenvalue weighted by molar-refractivity contribution is 0.259. The second-order valence-electron chi connectivity index (χ2n) is 4.68. The Balaban J connectivity index is 2.23. The van der Waals surface area contributed by atoms with E-state index in [9.17, 15) is 13.2 Å². The van der Waals surface area contributed by atoms with Gasteiger partial charge in [0.25, 0.3) is 10.0 Å². The van der Waals surface area contributed by atoms with Gasteiger partial charge in [0.1, 0.15) is 4.90 Å². The maximum absolute atomic E-state index is 12.7. The number of nitrogens with one attached hydrogen (secondary N) is 1. The Morgan fingerprint density at radius 2 is 1.71 bits per heavy atom. The first-order valence-corrected chi connectivity index (χ1v) is 8.03. The Labute approximate surface area is 123 Å². The molecule has 1 heterocycles. The molecule has 0 radical (unpaired) electrons. The summed E-state index contributed by atoms with van der Waals surface area (Å²) >= 11 is 0. The smallest absolute Gasteiger partial charge is 0.305 e. The molecule has 1 aliphatic heterocycles. The van der Waals surface area contributed by atoms with E-state index in [1.54, 1.807) is 30.3 Å². The number of para-hydroxylation sites is 2. The molecule has 0 unspecified atom stereocenters. The summed E-state index contributed by atoms with van der Waals surface area (Å²) in [5, 5.41) is 2.62. The predicted octanol–water partition coefficient (Wildman–Crippen LogP) is 2.99. The van der Waals surface area contributed by atoms with E-state index in [1.807, 2.05) is 19.1 Å². The molecule has 108 valence electrons. The molecule has 1 aliphatic rings. The largest absolute Gasteiger partial charge is 0.340 e. The minimum absolute atomic E-state index is 0.107. The fourth-order valence-electron chi connectivity index (χ4n) is 2.42. The third-order valence-electron chi connectivity index (χ3n) is 3.42. The van der Waals surface area contributed by atoms with Crippen molar-refractivity contribution in [3.63, 3.8) is 0 Å². The van der Waals surface area contributed by atoms with E-state index in [0.717, 1.165) is 9.87 Å². The van der Waals surface area contributed by atoms with E-state index in [4.69, 9.17) is 0 Å². The molecule has 0 saturated carbocycles. The highest BCUT2D eigenvalue weighted by Crippen LogP contribution is 2.34. The van der Waals surface area contributed by atoms with Gasteiger partial charge in [-0.1, -0.05) is 37.3 Å². The molecule has 5 nitrogen and oxygen atoms in total. The monoisotopic (exact) mass is 302 g/mol. The summed E-state index contributed by atoms with van der Waals surface area (Å²) in [6, 6.07) is 12.7. The topological polar surface area (TPSA) is 66.5 Å². The first kappa shape index (κ1) is 13.6. The molecular weight excluding hydrogens is 288 g/mol. The van der Waals surface area contributed by atoms with Gasteiger partial charge >= 0.3 is 6.03 Å². The number of benzene rings is 2. The number of sulfonamides is 1. The summed E-state index contributed by atoms with van der Waals surface area (Å²) in [4.78, 5) is 12.4. The van der Waals surface area contributed by atoms with Gasteiger partial charge in [0.15, 0.2) is 0 Å². The first-order chi connectivity index (χ1) is 10.1. The second kappa shape index (κ2) is 4.89. The maximum Gasteiger partial charge on any atom is 0.340 e. The van der Waals surface area contributed by atoms with Gasteiger partial charge < -0.3 is 5.32 Å². The number of rotatable bonds is 2. The molecule has 2 amide bonds. The number of anilines is 2. The van der Waals surface area contributed by atoms with Crippen LogP contribution >= 0.6 is 0 Å². The second-order valence-corrected chi connectivity index (χ2v) is 6.43. The number of carbonyl (C=O) groups is 1. The standard InChI is InChI=1S/C15H14N2O3S/c1-2-11-7-3-5-9-13(11)17-15(18)16-12-8-4-6-10-14(12)21(17,19)20/h3-10H,2H2,1H3,(H,16,18). The van der Waals surface area contributed by atoms with Crippen LogP contribution in [-0.2, 0) is 16.4 Å². The fraction of sp³-hybridized carbons (Fsp3) is 0.133. The van der Waals surface area contributed by atoms with Crippen LogP contribution in [0.4, 0.5) is 16.2 Å². The number of hydrogen-bond acceptors (Lipinski definition) is 3. The average Bonchev–Trinajstić information content (AvgIpc) is 2.47. The van der Waals surface area contributed by atoms with Crippen molar-refractivity contribution in [1.82, 2.24) is 0 Å². The lowest BCUT2D eigenvalue weighted by Crippen LogP contribution is -2.44. The molecule has 1 N–H and O–H groups in total. The van der Waals surface area contributed by atoms with Crippen molar-refractivity contribution in [2.75, 3.05) is 9.62 Å². The number of amides is 2. The molecule has 0 spiro atoms. The Morgan fingerprint density at radius 1 is 1.05 bits per heavy atom. The summed E-state index contributed by atoms with van der Waals surface area (Å²) in [5.74, 6) is 0. The van der Waals surface area contributed by atoms with Gasteiger partial charge in [-0.15, -0.1) is 0 Å². The van der Waals surface area contributed by atoms with E-state index in [1.165, 1.54) is 6.07 Å². The van der Waals surface area contributed by atoms with Crippen LogP contribution in [0, 0.1) is 0 Å². The Morgan fingerprint density at radius 3 is 2.48 bits per heavy atom. The maximum atomic E-state index is 12.7. The van der Waals surface area contributed by atoms with Crippen molar-refractivity contribution in [1.29, 1.82) is 0 Å². The molecule has 3 rings (SSSR count). The average molecular weight is 302 g/mol. The SMILES string of the molecule is CCc1ccccc1N1C(=O)Nc2ccccc2S1(=O)=O. The number of carbonyl (C=O) groups excluding carboxylic acids is 1. The molecule has 0 atom stereocenters. The Kier molecular flexibility index (Phi) is 3.17. The van der Waals surface area contributed by atoms with Crippen LogP contribution in [0.1, 0.15) is 12.5 Å². The summed E-state index contributed by atoms with van der Waals surface area (Å²) in [6.45, 7) is 1.92. The van der Waals surface area contributed by atoms with Gasteiger partial charge in [-0.3, -0.25) is 0 Å². The van der Waals surface area contributed by atoms with Crippen LogP contribution in [0.5, 0.6) is 0 Å². The van der Waals surface area contributed by atoms with Crippen LogP contribution in [0.15, 0.2) is 53.4 Å². The van der Waals surface area contributed by atoms with Crippen molar-refractivity contribution >= 4 is 27.4 Å². The van der Waals surface area contributed by atoms with Crippen molar-refractivity contribution in [3.05, 3.63) is 54.1 Å². The number of aryl methyl sites for hydroxylation is 1. The zero-order valence-corrected chi connectivity index (χ0v) is 12.2. The molecule has 0 fully saturated rings. The lowest BCUT2D eigenvalue weighted by Gasteiger charge is -2.29. The number of nitrogens with zero attached hydrogens (tertiary/aromatic N) is 1. The number of urea groups is 1. The minimum atomic E-state index is -3.90. The third-order valence-corrected chi connectivity index (χ3v) is 5.18. The van der Waals surface area contributed by atoms with Crippen LogP contribution < -0.4 is 9.62 Å². The van der Waals surface area contributed by atoms with E-state index < -0.39 is 16.1 Å². The fourth-order valence-corrected chi connectivity index (χ4v) is 3.96. The molecule has 0 bridgehead atoms. The Bertz CT molecular complexity index is 815. The van der Waals surface area contributed by atoms with Crippen molar-refractivity contribution in [2.45, 2.75) is 18.2 Å². The van der Waals surface area contributed by atoms with Gasteiger partial charge in [-0.05, 0) is 30.2 Å². The van der Waals surface area contributed by atoms with Gasteiger partial charge in [0, 0.05) is 0 Å². The van der Waals surface area contributed by atoms with Gasteiger partial charge in [0.05, 0.1) is 11.4 Å². The lowest BCUT2D eigenvalue weighted by atomic mass is 10.1. The minimum Gasteiger partial charge on any atom is -0.305 e. The first-order valence-electron chi connectivity index (χ1n) is 6.59. The van der Waals surface area contributed by atoms with Gasteiger partial charge in [0.2, 0.25) is 0 Å². The summed E-state index contributed by atoms with van der Waals surface area (Å²) in [5.41, 5.74) is 1.51. The molecular formula is C15H14N2O3S. The highest BCUT2D eigenvalue weighted by atomic mass is 32.2. The molecule has 0 aliphatic carbocycles. The van der Waals surface area contributed by atoms with Crippen LogP contribution in [0.3, 0.4) is 0 Å². The summed E-state index contributed by atoms with van der Waals surface area (Å²) in [7, 11) is -3.90. The number of hydrogen-bond donors (Lipinski definition) is 1. The number of fused-ring (bicyclic) bond motifs is 1. The zero-order chi connectivity index (χ0) is 15.0. The predicted molar refractivity (Wildman–Crippen MR) is 80.9 cm³/mol. The van der Waals surface area contributed by atoms with Crippen molar-refractivity contribution < 1.29 is 13.2 Å². The van der Waals surface area contributed by atoms with E-state index in [-0.39, 0.29) is 4.90 Å². The normalized spacial score (nSPS) is 16.2. The van der Waals surface area contributed by atoms with E-state index >= 15 is 0 Å². The molecule has 0 aromatic heterocycles. The molecule has 6 heteroatoms. The quantitative estimate of drug-likeness (QED) is 0.927. The van der Waals surface area contributed by atoms with Crippen LogP contribution in [-0.4, -0.2) is 14.4 Å². The molecule has 0 saturated heterocycles. The molecule has 2 aromatic carbocycles. The van der Waals surface area contributed by atoms with E-state index in [0.29, 0.717) is 17.8 Å². The third kappa shape index (κ3) is 2.08.